The van der Waals surface area contributed by atoms with E-state index in [-0.39, 0.29) is 11.5 Å². The van der Waals surface area contributed by atoms with Crippen LogP contribution < -0.4 is 5.73 Å². The Morgan fingerprint density at radius 2 is 1.81 bits per heavy atom. The fourth-order valence-electron chi connectivity index (χ4n) is 3.80. The van der Waals surface area contributed by atoms with E-state index >= 15 is 0 Å². The van der Waals surface area contributed by atoms with Crippen LogP contribution in [0.1, 0.15) is 54.3 Å². The molecule has 3 heteroatoms. The average molecular weight is 283 g/mol. The van der Waals surface area contributed by atoms with Crippen molar-refractivity contribution in [1.29, 1.82) is 0 Å². The van der Waals surface area contributed by atoms with E-state index in [1.54, 1.807) is 0 Å². The van der Waals surface area contributed by atoms with Gasteiger partial charge in [-0.2, -0.15) is 5.10 Å². The second-order valence-electron chi connectivity index (χ2n) is 7.36. The van der Waals surface area contributed by atoms with Gasteiger partial charge in [0.2, 0.25) is 0 Å². The molecule has 0 saturated carbocycles. The Morgan fingerprint density at radius 1 is 1.19 bits per heavy atom. The van der Waals surface area contributed by atoms with Crippen LogP contribution in [0.2, 0.25) is 0 Å². The van der Waals surface area contributed by atoms with Gasteiger partial charge in [0.05, 0.1) is 11.9 Å². The molecule has 1 aliphatic rings. The Hall–Kier alpha value is -1.61. The zero-order valence-electron chi connectivity index (χ0n) is 13.7. The number of nitrogens with two attached hydrogens (primary N) is 1. The van der Waals surface area contributed by atoms with Crippen molar-refractivity contribution in [3.8, 4) is 5.69 Å². The van der Waals surface area contributed by atoms with E-state index in [2.05, 4.69) is 56.5 Å². The highest BCUT2D eigenvalue weighted by Gasteiger charge is 2.33. The molecule has 0 amide bonds. The third-order valence-electron chi connectivity index (χ3n) is 4.57. The van der Waals surface area contributed by atoms with Gasteiger partial charge in [0.15, 0.2) is 0 Å². The van der Waals surface area contributed by atoms with Gasteiger partial charge in [0.25, 0.3) is 0 Å². The lowest BCUT2D eigenvalue weighted by Crippen LogP contribution is -2.30. The van der Waals surface area contributed by atoms with Gasteiger partial charge in [-0.3, -0.25) is 0 Å². The summed E-state index contributed by atoms with van der Waals surface area (Å²) in [6.45, 7) is 11.1. The molecular weight excluding hydrogens is 258 g/mol. The SMILES string of the molecule is Cc1cc(C)c(-n2ncc3c2CC(C)(C)CC3N)c(C)c1. The summed E-state index contributed by atoms with van der Waals surface area (Å²) >= 11 is 0. The fraction of sp³-hybridized carbons (Fsp3) is 0.500. The van der Waals surface area contributed by atoms with Crippen LogP contribution >= 0.6 is 0 Å². The van der Waals surface area contributed by atoms with Crippen molar-refractivity contribution < 1.29 is 0 Å². The van der Waals surface area contributed by atoms with Crippen molar-refractivity contribution in [2.24, 2.45) is 11.1 Å². The highest BCUT2D eigenvalue weighted by molar-refractivity contribution is 5.50. The van der Waals surface area contributed by atoms with Crippen molar-refractivity contribution in [2.45, 2.75) is 53.5 Å². The highest BCUT2D eigenvalue weighted by atomic mass is 15.3. The van der Waals surface area contributed by atoms with Crippen LogP contribution in [0.15, 0.2) is 18.3 Å². The van der Waals surface area contributed by atoms with Crippen LogP contribution in [-0.4, -0.2) is 9.78 Å². The molecule has 0 aliphatic heterocycles. The molecular formula is C18H25N3. The Labute approximate surface area is 127 Å². The number of rotatable bonds is 1. The number of benzene rings is 1. The molecule has 0 fully saturated rings. The summed E-state index contributed by atoms with van der Waals surface area (Å²) in [4.78, 5) is 0. The highest BCUT2D eigenvalue weighted by Crippen LogP contribution is 2.40. The Balaban J connectivity index is 2.19. The second kappa shape index (κ2) is 4.70. The number of hydrogen-bond acceptors (Lipinski definition) is 2. The van der Waals surface area contributed by atoms with Gasteiger partial charge in [-0.1, -0.05) is 31.5 Å². The predicted octanol–water partition coefficient (Wildman–Crippen LogP) is 3.77. The smallest absolute Gasteiger partial charge is 0.0707 e. The molecule has 0 bridgehead atoms. The summed E-state index contributed by atoms with van der Waals surface area (Å²) in [5.41, 5.74) is 14.2. The Bertz CT molecular complexity index is 671. The van der Waals surface area contributed by atoms with Crippen LogP contribution in [0.3, 0.4) is 0 Å². The molecule has 1 heterocycles. The van der Waals surface area contributed by atoms with E-state index < -0.39 is 0 Å². The minimum absolute atomic E-state index is 0.101. The number of nitrogens with zero attached hydrogens (tertiary/aromatic N) is 2. The number of fused-ring (bicyclic) bond motifs is 1. The molecule has 2 N–H and O–H groups in total. The molecule has 1 aromatic heterocycles. The molecule has 2 aromatic rings. The summed E-state index contributed by atoms with van der Waals surface area (Å²) in [5, 5.41) is 4.67. The van der Waals surface area contributed by atoms with Gasteiger partial charge in [0, 0.05) is 17.3 Å². The summed E-state index contributed by atoms with van der Waals surface area (Å²) in [7, 11) is 0. The maximum Gasteiger partial charge on any atom is 0.0707 e. The first-order valence-electron chi connectivity index (χ1n) is 7.69. The van der Waals surface area contributed by atoms with Gasteiger partial charge < -0.3 is 5.73 Å². The number of aromatic nitrogens is 2. The van der Waals surface area contributed by atoms with Gasteiger partial charge in [-0.15, -0.1) is 0 Å². The molecule has 21 heavy (non-hydrogen) atoms. The summed E-state index contributed by atoms with van der Waals surface area (Å²) in [5.74, 6) is 0. The molecule has 1 unspecified atom stereocenters. The largest absolute Gasteiger partial charge is 0.324 e. The molecule has 1 aromatic carbocycles. The fourth-order valence-corrected chi connectivity index (χ4v) is 3.80. The number of aryl methyl sites for hydroxylation is 3. The topological polar surface area (TPSA) is 43.8 Å². The molecule has 1 atom stereocenters. The van der Waals surface area contributed by atoms with E-state index in [1.807, 2.05) is 6.20 Å². The van der Waals surface area contributed by atoms with Crippen LogP contribution in [0.5, 0.6) is 0 Å². The van der Waals surface area contributed by atoms with Crippen LogP contribution in [0, 0.1) is 26.2 Å². The average Bonchev–Trinajstić information content (AvgIpc) is 2.70. The van der Waals surface area contributed by atoms with Crippen LogP contribution in [0.25, 0.3) is 5.69 Å². The standard InChI is InChI=1S/C18H25N3/c1-11-6-12(2)17(13(3)7-11)21-16-9-18(4,5)8-15(19)14(16)10-20-21/h6-7,10,15H,8-9,19H2,1-5H3. The lowest BCUT2D eigenvalue weighted by Gasteiger charge is -2.34. The van der Waals surface area contributed by atoms with E-state index in [4.69, 9.17) is 5.73 Å². The zero-order valence-corrected chi connectivity index (χ0v) is 13.7. The van der Waals surface area contributed by atoms with Gasteiger partial charge in [-0.25, -0.2) is 4.68 Å². The third kappa shape index (κ3) is 2.40. The monoisotopic (exact) mass is 283 g/mol. The lowest BCUT2D eigenvalue weighted by atomic mass is 9.74. The summed E-state index contributed by atoms with van der Waals surface area (Å²) < 4.78 is 2.13. The van der Waals surface area contributed by atoms with Gasteiger partial charge >= 0.3 is 0 Å². The van der Waals surface area contributed by atoms with Gasteiger partial charge in [0.1, 0.15) is 0 Å². The summed E-state index contributed by atoms with van der Waals surface area (Å²) in [6, 6.07) is 4.55. The molecule has 3 nitrogen and oxygen atoms in total. The second-order valence-corrected chi connectivity index (χ2v) is 7.36. The first-order chi connectivity index (χ1) is 9.78. The normalized spacial score (nSPS) is 20.4. The first-order valence-corrected chi connectivity index (χ1v) is 7.69. The maximum atomic E-state index is 6.36. The molecule has 112 valence electrons. The maximum absolute atomic E-state index is 6.36. The first kappa shape index (κ1) is 14.3. The molecule has 0 radical (unpaired) electrons. The number of hydrogen-bond donors (Lipinski definition) is 1. The zero-order chi connectivity index (χ0) is 15.4. The third-order valence-corrected chi connectivity index (χ3v) is 4.57. The summed E-state index contributed by atoms with van der Waals surface area (Å²) in [6.07, 6.45) is 4.02. The predicted molar refractivity (Wildman–Crippen MR) is 86.8 cm³/mol. The Kier molecular flexibility index (Phi) is 3.21. The van der Waals surface area contributed by atoms with Crippen molar-refractivity contribution in [2.75, 3.05) is 0 Å². The Morgan fingerprint density at radius 3 is 2.43 bits per heavy atom. The van der Waals surface area contributed by atoms with Crippen molar-refractivity contribution in [1.82, 2.24) is 9.78 Å². The van der Waals surface area contributed by atoms with E-state index in [0.29, 0.717) is 0 Å². The minimum atomic E-state index is 0.101. The molecule has 3 rings (SSSR count). The van der Waals surface area contributed by atoms with Crippen LogP contribution in [0.4, 0.5) is 0 Å². The van der Waals surface area contributed by atoms with E-state index in [0.717, 1.165) is 12.8 Å². The van der Waals surface area contributed by atoms with Crippen LogP contribution in [-0.2, 0) is 6.42 Å². The quantitative estimate of drug-likeness (QED) is 0.865. The van der Waals surface area contributed by atoms with Crippen molar-refractivity contribution in [3.63, 3.8) is 0 Å². The minimum Gasteiger partial charge on any atom is -0.324 e. The van der Waals surface area contributed by atoms with Crippen molar-refractivity contribution in [3.05, 3.63) is 46.3 Å². The molecule has 0 spiro atoms. The van der Waals surface area contributed by atoms with E-state index in [9.17, 15) is 0 Å². The molecule has 0 saturated heterocycles. The molecule has 1 aliphatic carbocycles. The lowest BCUT2D eigenvalue weighted by molar-refractivity contribution is 0.278. The van der Waals surface area contributed by atoms with Crippen molar-refractivity contribution >= 4 is 0 Å². The van der Waals surface area contributed by atoms with E-state index in [1.165, 1.54) is 33.6 Å². The van der Waals surface area contributed by atoms with Gasteiger partial charge in [-0.05, 0) is 50.2 Å².